The highest BCUT2D eigenvalue weighted by Crippen LogP contribution is 2.10. The van der Waals surface area contributed by atoms with Gasteiger partial charge in [0.2, 0.25) is 5.91 Å². The molecular weight excluding hydrogens is 293 g/mol. The lowest BCUT2D eigenvalue weighted by Crippen LogP contribution is -2.33. The molecule has 0 aromatic heterocycles. The van der Waals surface area contributed by atoms with Crippen molar-refractivity contribution in [2.75, 3.05) is 13.2 Å². The number of carbonyl (C=O) groups is 3. The number of amides is 4. The predicted octanol–water partition coefficient (Wildman–Crippen LogP) is 0.309. The first-order valence-corrected chi connectivity index (χ1v) is 6.81. The largest absolute Gasteiger partial charge is 0.492 e. The summed E-state index contributed by atoms with van der Waals surface area (Å²) in [6.45, 7) is 0.539. The van der Waals surface area contributed by atoms with E-state index in [1.165, 1.54) is 24.3 Å². The Balaban J connectivity index is 1.59. The van der Waals surface area contributed by atoms with E-state index in [4.69, 9.17) is 4.74 Å². The summed E-state index contributed by atoms with van der Waals surface area (Å²) < 4.78 is 18.0. The van der Waals surface area contributed by atoms with E-state index in [9.17, 15) is 18.8 Å². The van der Waals surface area contributed by atoms with E-state index >= 15 is 0 Å². The summed E-state index contributed by atoms with van der Waals surface area (Å²) in [5.41, 5.74) is 0. The molecule has 1 saturated heterocycles. The molecule has 0 aliphatic carbocycles. The van der Waals surface area contributed by atoms with Crippen molar-refractivity contribution in [3.63, 3.8) is 0 Å². The molecule has 0 radical (unpaired) electrons. The SMILES string of the molecule is O=C(CC[C@H]1NC(=O)NC1=O)NCCOc1ccc(F)cc1. The molecule has 0 bridgehead atoms. The number of hydrogen-bond donors (Lipinski definition) is 3. The van der Waals surface area contributed by atoms with Gasteiger partial charge >= 0.3 is 6.03 Å². The molecular formula is C14H16FN3O4. The molecule has 0 saturated carbocycles. The second-order valence-electron chi connectivity index (χ2n) is 4.71. The standard InChI is InChI=1S/C14H16FN3O4/c15-9-1-3-10(4-2-9)22-8-7-16-12(19)6-5-11-13(20)18-14(21)17-11/h1-4,11H,5-8H2,(H,16,19)(H2,17,18,20,21)/t11-/m1/s1. The average Bonchev–Trinajstić information content (AvgIpc) is 2.81. The summed E-state index contributed by atoms with van der Waals surface area (Å²) in [6, 6.07) is 4.37. The number of benzene rings is 1. The van der Waals surface area contributed by atoms with E-state index in [1.807, 2.05) is 0 Å². The predicted molar refractivity (Wildman–Crippen MR) is 74.6 cm³/mol. The summed E-state index contributed by atoms with van der Waals surface area (Å²) in [5.74, 6) is -0.487. The Morgan fingerprint density at radius 2 is 2.00 bits per heavy atom. The third-order valence-corrected chi connectivity index (χ3v) is 3.03. The minimum atomic E-state index is -0.659. The van der Waals surface area contributed by atoms with Gasteiger partial charge < -0.3 is 15.4 Å². The molecule has 7 nitrogen and oxygen atoms in total. The Morgan fingerprint density at radius 3 is 2.64 bits per heavy atom. The number of urea groups is 1. The normalized spacial score (nSPS) is 16.9. The van der Waals surface area contributed by atoms with E-state index in [0.29, 0.717) is 12.3 Å². The fourth-order valence-corrected chi connectivity index (χ4v) is 1.92. The summed E-state index contributed by atoms with van der Waals surface area (Å²) in [5, 5.41) is 7.15. The topological polar surface area (TPSA) is 96.5 Å². The molecule has 3 N–H and O–H groups in total. The van der Waals surface area contributed by atoms with Crippen molar-refractivity contribution in [2.45, 2.75) is 18.9 Å². The van der Waals surface area contributed by atoms with Crippen LogP contribution >= 0.6 is 0 Å². The number of nitrogens with one attached hydrogen (secondary N) is 3. The van der Waals surface area contributed by atoms with Crippen LogP contribution in [0.15, 0.2) is 24.3 Å². The first kappa shape index (κ1) is 15.7. The van der Waals surface area contributed by atoms with Gasteiger partial charge in [0.15, 0.2) is 0 Å². The first-order chi connectivity index (χ1) is 10.5. The molecule has 1 atom stereocenters. The lowest BCUT2D eigenvalue weighted by Gasteiger charge is -2.09. The third-order valence-electron chi connectivity index (χ3n) is 3.03. The van der Waals surface area contributed by atoms with Crippen molar-refractivity contribution in [3.8, 4) is 5.75 Å². The molecule has 8 heteroatoms. The maximum atomic E-state index is 12.7. The highest BCUT2D eigenvalue weighted by Gasteiger charge is 2.29. The fraction of sp³-hybridized carbons (Fsp3) is 0.357. The van der Waals surface area contributed by atoms with Crippen molar-refractivity contribution in [1.29, 1.82) is 0 Å². The van der Waals surface area contributed by atoms with E-state index in [1.54, 1.807) is 0 Å². The number of imide groups is 1. The average molecular weight is 309 g/mol. The molecule has 0 unspecified atom stereocenters. The van der Waals surface area contributed by atoms with Crippen LogP contribution in [0.25, 0.3) is 0 Å². The van der Waals surface area contributed by atoms with Crippen molar-refractivity contribution in [3.05, 3.63) is 30.1 Å². The van der Waals surface area contributed by atoms with Crippen LogP contribution < -0.4 is 20.7 Å². The van der Waals surface area contributed by atoms with Crippen LogP contribution in [0.4, 0.5) is 9.18 Å². The van der Waals surface area contributed by atoms with Crippen molar-refractivity contribution >= 4 is 17.8 Å². The van der Waals surface area contributed by atoms with Gasteiger partial charge in [-0.15, -0.1) is 0 Å². The Hall–Kier alpha value is -2.64. The maximum absolute atomic E-state index is 12.7. The van der Waals surface area contributed by atoms with Gasteiger partial charge in [0.1, 0.15) is 24.2 Å². The second-order valence-corrected chi connectivity index (χ2v) is 4.71. The van der Waals surface area contributed by atoms with Crippen LogP contribution in [0, 0.1) is 5.82 Å². The summed E-state index contributed by atoms with van der Waals surface area (Å²) >= 11 is 0. The number of hydrogen-bond acceptors (Lipinski definition) is 4. The highest BCUT2D eigenvalue weighted by molar-refractivity contribution is 6.04. The molecule has 0 spiro atoms. The van der Waals surface area contributed by atoms with Gasteiger partial charge in [0.05, 0.1) is 6.54 Å². The van der Waals surface area contributed by atoms with Gasteiger partial charge in [-0.05, 0) is 30.7 Å². The summed E-state index contributed by atoms with van der Waals surface area (Å²) in [7, 11) is 0. The Morgan fingerprint density at radius 1 is 1.27 bits per heavy atom. The third kappa shape index (κ3) is 4.72. The fourth-order valence-electron chi connectivity index (χ4n) is 1.92. The lowest BCUT2D eigenvalue weighted by molar-refractivity contribution is -0.122. The highest BCUT2D eigenvalue weighted by atomic mass is 19.1. The Kier molecular flexibility index (Phi) is 5.29. The molecule has 118 valence electrons. The monoisotopic (exact) mass is 309 g/mol. The van der Waals surface area contributed by atoms with Crippen molar-refractivity contribution < 1.29 is 23.5 Å². The van der Waals surface area contributed by atoms with E-state index in [-0.39, 0.29) is 31.2 Å². The number of halogens is 1. The van der Waals surface area contributed by atoms with E-state index in [0.717, 1.165) is 0 Å². The molecule has 1 fully saturated rings. The number of rotatable bonds is 7. The molecule has 1 aromatic rings. The molecule has 1 aromatic carbocycles. The Bertz CT molecular complexity index is 562. The quantitative estimate of drug-likeness (QED) is 0.499. The van der Waals surface area contributed by atoms with E-state index < -0.39 is 18.0 Å². The van der Waals surface area contributed by atoms with Crippen LogP contribution in [0.3, 0.4) is 0 Å². The molecule has 1 aliphatic heterocycles. The first-order valence-electron chi connectivity index (χ1n) is 6.81. The zero-order valence-electron chi connectivity index (χ0n) is 11.7. The smallest absolute Gasteiger partial charge is 0.322 e. The second kappa shape index (κ2) is 7.39. The molecule has 1 aliphatic rings. The zero-order valence-corrected chi connectivity index (χ0v) is 11.7. The minimum absolute atomic E-state index is 0.120. The van der Waals surface area contributed by atoms with Gasteiger partial charge in [-0.25, -0.2) is 9.18 Å². The van der Waals surface area contributed by atoms with E-state index in [2.05, 4.69) is 16.0 Å². The van der Waals surface area contributed by atoms with Crippen molar-refractivity contribution in [2.24, 2.45) is 0 Å². The minimum Gasteiger partial charge on any atom is -0.492 e. The maximum Gasteiger partial charge on any atom is 0.322 e. The van der Waals surface area contributed by atoms with Crippen LogP contribution in [0.1, 0.15) is 12.8 Å². The number of ether oxygens (including phenoxy) is 1. The molecule has 1 heterocycles. The van der Waals surface area contributed by atoms with Crippen LogP contribution in [-0.2, 0) is 9.59 Å². The van der Waals surface area contributed by atoms with Crippen LogP contribution in [0.5, 0.6) is 5.75 Å². The summed E-state index contributed by atoms with van der Waals surface area (Å²) in [4.78, 5) is 33.7. The van der Waals surface area contributed by atoms with Gasteiger partial charge in [-0.3, -0.25) is 14.9 Å². The lowest BCUT2D eigenvalue weighted by atomic mass is 10.1. The molecule has 4 amide bonds. The van der Waals surface area contributed by atoms with Crippen LogP contribution in [-0.4, -0.2) is 37.0 Å². The van der Waals surface area contributed by atoms with Gasteiger partial charge in [0, 0.05) is 6.42 Å². The molecule has 22 heavy (non-hydrogen) atoms. The Labute approximate surface area is 126 Å². The van der Waals surface area contributed by atoms with Gasteiger partial charge in [-0.1, -0.05) is 0 Å². The van der Waals surface area contributed by atoms with Crippen LogP contribution in [0.2, 0.25) is 0 Å². The number of carbonyl (C=O) groups excluding carboxylic acids is 3. The summed E-state index contributed by atoms with van der Waals surface area (Å²) in [6.07, 6.45) is 0.358. The zero-order chi connectivity index (χ0) is 15.9. The van der Waals surface area contributed by atoms with Gasteiger partial charge in [0.25, 0.3) is 5.91 Å². The van der Waals surface area contributed by atoms with Gasteiger partial charge in [-0.2, -0.15) is 0 Å². The molecule has 2 rings (SSSR count). The van der Waals surface area contributed by atoms with Crippen molar-refractivity contribution in [1.82, 2.24) is 16.0 Å².